The molecule has 0 radical (unpaired) electrons. The molecule has 1 amide bonds. The minimum atomic E-state index is -0.300. The number of para-hydroxylation sites is 1. The molecule has 0 aromatic heterocycles. The van der Waals surface area contributed by atoms with E-state index in [-0.39, 0.29) is 24.0 Å². The number of hydrogen-bond donors (Lipinski definition) is 0. The number of rotatable bonds is 4. The van der Waals surface area contributed by atoms with Gasteiger partial charge in [0.25, 0.3) is 0 Å². The predicted octanol–water partition coefficient (Wildman–Crippen LogP) is 4.54. The zero-order valence-electron chi connectivity index (χ0n) is 17.0. The molecule has 4 rings (SSSR count). The van der Waals surface area contributed by atoms with Crippen LogP contribution in [-0.4, -0.2) is 25.9 Å². The number of ketones is 1. The summed E-state index contributed by atoms with van der Waals surface area (Å²) < 4.78 is 10.9. The Balaban J connectivity index is 1.88. The molecular weight excluding hydrogens is 366 g/mol. The summed E-state index contributed by atoms with van der Waals surface area (Å²) >= 11 is 0. The van der Waals surface area contributed by atoms with Crippen LogP contribution in [0, 0.1) is 6.92 Å². The molecule has 2 aromatic rings. The summed E-state index contributed by atoms with van der Waals surface area (Å²) in [4.78, 5) is 28.1. The first kappa shape index (κ1) is 19.2. The number of anilines is 1. The van der Waals surface area contributed by atoms with E-state index in [0.29, 0.717) is 17.9 Å². The minimum absolute atomic E-state index is 0.00983. The van der Waals surface area contributed by atoms with Crippen LogP contribution >= 0.6 is 0 Å². The lowest BCUT2D eigenvalue weighted by Crippen LogP contribution is -2.41. The number of allylic oxidation sites excluding steroid dienone is 2. The van der Waals surface area contributed by atoms with Crippen molar-refractivity contribution in [2.45, 2.75) is 38.5 Å². The van der Waals surface area contributed by atoms with Crippen LogP contribution in [0.4, 0.5) is 5.69 Å². The third-order valence-corrected chi connectivity index (χ3v) is 5.85. The van der Waals surface area contributed by atoms with Gasteiger partial charge in [0.05, 0.1) is 19.9 Å². The molecule has 0 bridgehead atoms. The molecule has 0 N–H and O–H groups in total. The van der Waals surface area contributed by atoms with Crippen LogP contribution in [0.15, 0.2) is 53.7 Å². The van der Waals surface area contributed by atoms with E-state index in [1.165, 1.54) is 0 Å². The van der Waals surface area contributed by atoms with Crippen LogP contribution in [0.2, 0.25) is 0 Å². The maximum absolute atomic E-state index is 13.3. The Morgan fingerprint density at radius 2 is 1.79 bits per heavy atom. The molecule has 5 nitrogen and oxygen atoms in total. The lowest BCUT2D eigenvalue weighted by Gasteiger charge is -2.39. The van der Waals surface area contributed by atoms with Gasteiger partial charge in [-0.25, -0.2) is 0 Å². The lowest BCUT2D eigenvalue weighted by atomic mass is 9.76. The maximum Gasteiger partial charge on any atom is 0.232 e. The Bertz CT molecular complexity index is 1010. The van der Waals surface area contributed by atoms with E-state index in [2.05, 4.69) is 0 Å². The van der Waals surface area contributed by atoms with Gasteiger partial charge in [-0.1, -0.05) is 24.3 Å². The Hall–Kier alpha value is -3.08. The Labute approximate surface area is 170 Å². The zero-order chi connectivity index (χ0) is 20.5. The second-order valence-electron chi connectivity index (χ2n) is 7.52. The highest BCUT2D eigenvalue weighted by Crippen LogP contribution is 2.46. The monoisotopic (exact) mass is 391 g/mol. The van der Waals surface area contributed by atoms with Crippen LogP contribution in [0.1, 0.15) is 42.7 Å². The van der Waals surface area contributed by atoms with Crippen molar-refractivity contribution in [1.29, 1.82) is 0 Å². The SMILES string of the molecule is COc1ccc(C2CC(=O)N(c3ccccc3C)C3=C2C(=O)CCC3)c(OC)c1. The van der Waals surface area contributed by atoms with Crippen molar-refractivity contribution >= 4 is 17.4 Å². The molecule has 1 aliphatic carbocycles. The first-order valence-corrected chi connectivity index (χ1v) is 9.92. The van der Waals surface area contributed by atoms with Crippen molar-refractivity contribution in [2.24, 2.45) is 0 Å². The highest BCUT2D eigenvalue weighted by atomic mass is 16.5. The first-order chi connectivity index (χ1) is 14.0. The van der Waals surface area contributed by atoms with Gasteiger partial charge in [-0.2, -0.15) is 0 Å². The van der Waals surface area contributed by atoms with Crippen LogP contribution in [0.3, 0.4) is 0 Å². The molecule has 0 spiro atoms. The van der Waals surface area contributed by atoms with E-state index in [9.17, 15) is 9.59 Å². The molecule has 2 aliphatic rings. The van der Waals surface area contributed by atoms with Crippen LogP contribution in [0.25, 0.3) is 0 Å². The van der Waals surface area contributed by atoms with Gasteiger partial charge in [-0.05, 0) is 37.5 Å². The molecule has 0 saturated carbocycles. The number of hydrogen-bond acceptors (Lipinski definition) is 4. The zero-order valence-corrected chi connectivity index (χ0v) is 17.0. The van der Waals surface area contributed by atoms with Gasteiger partial charge >= 0.3 is 0 Å². The predicted molar refractivity (Wildman–Crippen MR) is 111 cm³/mol. The van der Waals surface area contributed by atoms with E-state index < -0.39 is 0 Å². The second kappa shape index (κ2) is 7.74. The van der Waals surface area contributed by atoms with E-state index >= 15 is 0 Å². The fourth-order valence-corrected chi connectivity index (χ4v) is 4.46. The quantitative estimate of drug-likeness (QED) is 0.768. The summed E-state index contributed by atoms with van der Waals surface area (Å²) in [6, 6.07) is 13.4. The van der Waals surface area contributed by atoms with Gasteiger partial charge in [0.2, 0.25) is 5.91 Å². The minimum Gasteiger partial charge on any atom is -0.497 e. The molecular formula is C24H25NO4. The van der Waals surface area contributed by atoms with E-state index in [0.717, 1.165) is 40.9 Å². The molecule has 0 fully saturated rings. The van der Waals surface area contributed by atoms with E-state index in [1.54, 1.807) is 25.2 Å². The first-order valence-electron chi connectivity index (χ1n) is 9.92. The smallest absolute Gasteiger partial charge is 0.232 e. The largest absolute Gasteiger partial charge is 0.497 e. The summed E-state index contributed by atoms with van der Waals surface area (Å²) in [5.41, 5.74) is 4.33. The van der Waals surface area contributed by atoms with E-state index in [4.69, 9.17) is 9.47 Å². The number of amides is 1. The number of nitrogens with zero attached hydrogens (tertiary/aromatic N) is 1. The summed E-state index contributed by atoms with van der Waals surface area (Å²) in [5.74, 6) is 1.15. The highest BCUT2D eigenvalue weighted by Gasteiger charge is 2.40. The number of benzene rings is 2. The molecule has 1 atom stereocenters. The summed E-state index contributed by atoms with van der Waals surface area (Å²) in [7, 11) is 3.20. The average molecular weight is 391 g/mol. The number of ether oxygens (including phenoxy) is 2. The third kappa shape index (κ3) is 3.31. The highest BCUT2D eigenvalue weighted by molar-refractivity contribution is 6.07. The standard InChI is InChI=1S/C24H25NO4/c1-15-7-4-5-8-19(15)25-20-9-6-10-21(26)24(20)18(14-23(25)27)17-12-11-16(28-2)13-22(17)29-3/h4-5,7-8,11-13,18H,6,9-10,14H2,1-3H3. The molecule has 29 heavy (non-hydrogen) atoms. The molecule has 1 unspecified atom stereocenters. The van der Waals surface area contributed by atoms with Gasteiger partial charge in [0.15, 0.2) is 5.78 Å². The second-order valence-corrected chi connectivity index (χ2v) is 7.52. The fraction of sp³-hybridized carbons (Fsp3) is 0.333. The third-order valence-electron chi connectivity index (χ3n) is 5.85. The van der Waals surface area contributed by atoms with Crippen molar-refractivity contribution in [3.05, 3.63) is 64.9 Å². The van der Waals surface area contributed by atoms with Crippen molar-refractivity contribution < 1.29 is 19.1 Å². The van der Waals surface area contributed by atoms with Crippen molar-refractivity contribution in [2.75, 3.05) is 19.1 Å². The summed E-state index contributed by atoms with van der Waals surface area (Å²) in [6.07, 6.45) is 2.24. The summed E-state index contributed by atoms with van der Waals surface area (Å²) in [5, 5.41) is 0. The van der Waals surface area contributed by atoms with Crippen LogP contribution in [0.5, 0.6) is 11.5 Å². The summed E-state index contributed by atoms with van der Waals surface area (Å²) in [6.45, 7) is 1.99. The maximum atomic E-state index is 13.3. The molecule has 0 saturated heterocycles. The van der Waals surface area contributed by atoms with Gasteiger partial charge < -0.3 is 9.47 Å². The Morgan fingerprint density at radius 1 is 1.00 bits per heavy atom. The Morgan fingerprint density at radius 3 is 2.52 bits per heavy atom. The van der Waals surface area contributed by atoms with Crippen molar-refractivity contribution in [3.63, 3.8) is 0 Å². The fourth-order valence-electron chi connectivity index (χ4n) is 4.46. The van der Waals surface area contributed by atoms with Gasteiger partial charge in [-0.3, -0.25) is 14.5 Å². The van der Waals surface area contributed by atoms with Gasteiger partial charge in [-0.15, -0.1) is 0 Å². The number of carbonyl (C=O) groups excluding carboxylic acids is 2. The van der Waals surface area contributed by atoms with Crippen LogP contribution < -0.4 is 14.4 Å². The van der Waals surface area contributed by atoms with Gasteiger partial charge in [0.1, 0.15) is 11.5 Å². The molecule has 2 aromatic carbocycles. The molecule has 5 heteroatoms. The normalized spacial score (nSPS) is 19.3. The topological polar surface area (TPSA) is 55.8 Å². The molecule has 1 aliphatic heterocycles. The van der Waals surface area contributed by atoms with Gasteiger partial charge in [0, 0.05) is 41.7 Å². The molecule has 1 heterocycles. The number of carbonyl (C=O) groups is 2. The van der Waals surface area contributed by atoms with Crippen molar-refractivity contribution in [3.8, 4) is 11.5 Å². The van der Waals surface area contributed by atoms with E-state index in [1.807, 2.05) is 43.3 Å². The van der Waals surface area contributed by atoms with Crippen molar-refractivity contribution in [1.82, 2.24) is 0 Å². The number of aryl methyl sites for hydroxylation is 1. The average Bonchev–Trinajstić information content (AvgIpc) is 2.73. The lowest BCUT2D eigenvalue weighted by molar-refractivity contribution is -0.119. The number of Topliss-reactive ketones (excluding diaryl/α,β-unsaturated/α-hetero) is 1. The number of methoxy groups -OCH3 is 2. The Kier molecular flexibility index (Phi) is 5.14. The molecule has 150 valence electrons. The van der Waals surface area contributed by atoms with Crippen LogP contribution in [-0.2, 0) is 9.59 Å².